The van der Waals surface area contributed by atoms with Gasteiger partial charge in [-0.05, 0) is 38.5 Å². The van der Waals surface area contributed by atoms with E-state index in [4.69, 9.17) is 5.73 Å². The molecular formula is C14H26N2O. The molecule has 0 aromatic rings. The number of hydrogen-bond donors (Lipinski definition) is 2. The van der Waals surface area contributed by atoms with Gasteiger partial charge < -0.3 is 11.1 Å². The summed E-state index contributed by atoms with van der Waals surface area (Å²) < 4.78 is 0. The topological polar surface area (TPSA) is 55.1 Å². The van der Waals surface area contributed by atoms with E-state index in [1.165, 1.54) is 19.3 Å². The predicted molar refractivity (Wildman–Crippen MR) is 69.5 cm³/mol. The zero-order chi connectivity index (χ0) is 12.5. The van der Waals surface area contributed by atoms with Crippen molar-refractivity contribution in [1.29, 1.82) is 0 Å². The quantitative estimate of drug-likeness (QED) is 0.775. The van der Waals surface area contributed by atoms with Crippen LogP contribution in [-0.2, 0) is 4.79 Å². The summed E-state index contributed by atoms with van der Waals surface area (Å²) in [5.74, 6) is 0.723. The molecule has 17 heavy (non-hydrogen) atoms. The summed E-state index contributed by atoms with van der Waals surface area (Å²) in [6.45, 7) is 4.34. The molecule has 3 heteroatoms. The van der Waals surface area contributed by atoms with Gasteiger partial charge in [0.05, 0.1) is 5.92 Å². The highest BCUT2D eigenvalue weighted by molar-refractivity contribution is 5.80. The highest BCUT2D eigenvalue weighted by Crippen LogP contribution is 2.32. The van der Waals surface area contributed by atoms with Crippen LogP contribution >= 0.6 is 0 Å². The fourth-order valence-electron chi connectivity index (χ4n) is 3.42. The fraction of sp³-hybridized carbons (Fsp3) is 0.929. The van der Waals surface area contributed by atoms with E-state index < -0.39 is 0 Å². The number of rotatable bonds is 2. The zero-order valence-electron chi connectivity index (χ0n) is 11.2. The van der Waals surface area contributed by atoms with Crippen molar-refractivity contribution in [3.8, 4) is 0 Å². The van der Waals surface area contributed by atoms with Crippen molar-refractivity contribution in [3.05, 3.63) is 0 Å². The van der Waals surface area contributed by atoms with E-state index in [1.54, 1.807) is 0 Å². The molecule has 0 aromatic carbocycles. The lowest BCUT2D eigenvalue weighted by Crippen LogP contribution is -2.52. The molecule has 0 heterocycles. The number of carbonyl (C=O) groups is 1. The molecule has 0 aromatic heterocycles. The van der Waals surface area contributed by atoms with Gasteiger partial charge in [-0.15, -0.1) is 0 Å². The standard InChI is InChI=1S/C14H26N2O/c1-10-6-5-7-11(12(10)15)13(17)16-14(2)8-3-4-9-14/h10-12H,3-9,15H2,1-2H3,(H,16,17). The first-order valence-electron chi connectivity index (χ1n) is 7.09. The van der Waals surface area contributed by atoms with Gasteiger partial charge in [-0.1, -0.05) is 26.2 Å². The molecule has 3 atom stereocenters. The van der Waals surface area contributed by atoms with Crippen LogP contribution in [0.3, 0.4) is 0 Å². The third kappa shape index (κ3) is 2.82. The van der Waals surface area contributed by atoms with Crippen LogP contribution in [0.4, 0.5) is 0 Å². The maximum atomic E-state index is 12.3. The normalized spacial score (nSPS) is 36.8. The van der Waals surface area contributed by atoms with E-state index >= 15 is 0 Å². The van der Waals surface area contributed by atoms with E-state index in [9.17, 15) is 4.79 Å². The maximum absolute atomic E-state index is 12.3. The molecule has 2 saturated carbocycles. The van der Waals surface area contributed by atoms with Crippen molar-refractivity contribution < 1.29 is 4.79 Å². The van der Waals surface area contributed by atoms with E-state index in [0.717, 1.165) is 25.7 Å². The van der Waals surface area contributed by atoms with Gasteiger partial charge in [0.1, 0.15) is 0 Å². The Labute approximate surface area is 105 Å². The Morgan fingerprint density at radius 2 is 1.88 bits per heavy atom. The van der Waals surface area contributed by atoms with E-state index in [1.807, 2.05) is 0 Å². The molecule has 3 unspecified atom stereocenters. The van der Waals surface area contributed by atoms with Gasteiger partial charge in [0.25, 0.3) is 0 Å². The summed E-state index contributed by atoms with van der Waals surface area (Å²) in [6, 6.07) is 0.0498. The Morgan fingerprint density at radius 1 is 1.24 bits per heavy atom. The summed E-state index contributed by atoms with van der Waals surface area (Å²) in [5.41, 5.74) is 6.22. The predicted octanol–water partition coefficient (Wildman–Crippen LogP) is 2.20. The minimum absolute atomic E-state index is 0.0381. The minimum Gasteiger partial charge on any atom is -0.351 e. The first-order valence-corrected chi connectivity index (χ1v) is 7.09. The molecule has 98 valence electrons. The van der Waals surface area contributed by atoms with E-state index in [-0.39, 0.29) is 23.4 Å². The highest BCUT2D eigenvalue weighted by Gasteiger charge is 2.37. The number of nitrogens with one attached hydrogen (secondary N) is 1. The third-order valence-electron chi connectivity index (χ3n) is 4.77. The second-order valence-corrected chi connectivity index (χ2v) is 6.35. The van der Waals surface area contributed by atoms with Crippen LogP contribution in [0, 0.1) is 11.8 Å². The van der Waals surface area contributed by atoms with Crippen molar-refractivity contribution in [3.63, 3.8) is 0 Å². The van der Waals surface area contributed by atoms with Crippen molar-refractivity contribution in [2.45, 2.75) is 70.4 Å². The summed E-state index contributed by atoms with van der Waals surface area (Å²) in [4.78, 5) is 12.3. The van der Waals surface area contributed by atoms with Crippen LogP contribution in [-0.4, -0.2) is 17.5 Å². The molecule has 2 aliphatic carbocycles. The van der Waals surface area contributed by atoms with Crippen LogP contribution in [0.25, 0.3) is 0 Å². The number of amides is 1. The molecule has 3 nitrogen and oxygen atoms in total. The monoisotopic (exact) mass is 238 g/mol. The smallest absolute Gasteiger partial charge is 0.225 e. The average molecular weight is 238 g/mol. The van der Waals surface area contributed by atoms with Crippen LogP contribution in [0.5, 0.6) is 0 Å². The average Bonchev–Trinajstić information content (AvgIpc) is 2.68. The van der Waals surface area contributed by atoms with E-state index in [2.05, 4.69) is 19.2 Å². The van der Waals surface area contributed by atoms with Gasteiger partial charge in [0.2, 0.25) is 5.91 Å². The highest BCUT2D eigenvalue weighted by atomic mass is 16.2. The molecule has 0 bridgehead atoms. The van der Waals surface area contributed by atoms with Gasteiger partial charge in [0.15, 0.2) is 0 Å². The minimum atomic E-state index is 0.0381. The maximum Gasteiger partial charge on any atom is 0.225 e. The molecule has 3 N–H and O–H groups in total. The number of hydrogen-bond acceptors (Lipinski definition) is 2. The molecule has 1 amide bonds. The van der Waals surface area contributed by atoms with Gasteiger partial charge in [-0.3, -0.25) is 4.79 Å². The molecule has 0 radical (unpaired) electrons. The Hall–Kier alpha value is -0.570. The van der Waals surface area contributed by atoms with Gasteiger partial charge in [-0.25, -0.2) is 0 Å². The molecule has 2 fully saturated rings. The largest absolute Gasteiger partial charge is 0.351 e. The fourth-order valence-corrected chi connectivity index (χ4v) is 3.42. The van der Waals surface area contributed by atoms with Crippen molar-refractivity contribution in [2.75, 3.05) is 0 Å². The first kappa shape index (κ1) is 12.9. The van der Waals surface area contributed by atoms with Gasteiger partial charge >= 0.3 is 0 Å². The SMILES string of the molecule is CC1CCCC(C(=O)NC2(C)CCCC2)C1N. The second-order valence-electron chi connectivity index (χ2n) is 6.35. The lowest BCUT2D eigenvalue weighted by atomic mass is 9.77. The van der Waals surface area contributed by atoms with E-state index in [0.29, 0.717) is 5.92 Å². The Balaban J connectivity index is 1.95. The Kier molecular flexibility index (Phi) is 3.76. The van der Waals surface area contributed by atoms with Crippen LogP contribution < -0.4 is 11.1 Å². The lowest BCUT2D eigenvalue weighted by Gasteiger charge is -2.35. The first-order chi connectivity index (χ1) is 8.02. The molecule has 2 rings (SSSR count). The number of nitrogens with two attached hydrogens (primary N) is 1. The number of carbonyl (C=O) groups excluding carboxylic acids is 1. The molecule has 0 saturated heterocycles. The zero-order valence-corrected chi connectivity index (χ0v) is 11.2. The van der Waals surface area contributed by atoms with Crippen molar-refractivity contribution >= 4 is 5.91 Å². The second kappa shape index (κ2) is 4.97. The van der Waals surface area contributed by atoms with Gasteiger partial charge in [-0.2, -0.15) is 0 Å². The van der Waals surface area contributed by atoms with Crippen LogP contribution in [0.1, 0.15) is 58.8 Å². The molecular weight excluding hydrogens is 212 g/mol. The Morgan fingerprint density at radius 3 is 2.53 bits per heavy atom. The summed E-state index contributed by atoms with van der Waals surface area (Å²) >= 11 is 0. The van der Waals surface area contributed by atoms with Crippen molar-refractivity contribution in [1.82, 2.24) is 5.32 Å². The molecule has 0 aliphatic heterocycles. The summed E-state index contributed by atoms with van der Waals surface area (Å²) in [6.07, 6.45) is 8.00. The van der Waals surface area contributed by atoms with Crippen LogP contribution in [0.15, 0.2) is 0 Å². The van der Waals surface area contributed by atoms with Crippen molar-refractivity contribution in [2.24, 2.45) is 17.6 Å². The third-order valence-corrected chi connectivity index (χ3v) is 4.77. The molecule has 0 spiro atoms. The van der Waals surface area contributed by atoms with Gasteiger partial charge in [0, 0.05) is 11.6 Å². The molecule has 2 aliphatic rings. The Bertz CT molecular complexity index is 284. The summed E-state index contributed by atoms with van der Waals surface area (Å²) in [5, 5.41) is 3.26. The summed E-state index contributed by atoms with van der Waals surface area (Å²) in [7, 11) is 0. The lowest BCUT2D eigenvalue weighted by molar-refractivity contribution is -0.128. The van der Waals surface area contributed by atoms with Crippen LogP contribution in [0.2, 0.25) is 0 Å².